The van der Waals surface area contributed by atoms with Gasteiger partial charge in [-0.1, -0.05) is 0 Å². The molecule has 4 heterocycles. The van der Waals surface area contributed by atoms with Crippen LogP contribution in [0.2, 0.25) is 0 Å². The highest BCUT2D eigenvalue weighted by Gasteiger charge is 2.39. The highest BCUT2D eigenvalue weighted by atomic mass is 19.4. The summed E-state index contributed by atoms with van der Waals surface area (Å²) >= 11 is 0. The second kappa shape index (κ2) is 12.4. The number of epoxide rings is 4. The van der Waals surface area contributed by atoms with Crippen LogP contribution < -0.4 is 19.3 Å². The molecule has 4 fully saturated rings. The molecule has 4 aliphatic rings. The first-order valence-corrected chi connectivity index (χ1v) is 15.2. The maximum atomic E-state index is 14.2. The lowest BCUT2D eigenvalue weighted by Crippen LogP contribution is -2.31. The van der Waals surface area contributed by atoms with Crippen molar-refractivity contribution in [2.24, 2.45) is 0 Å². The van der Waals surface area contributed by atoms with E-state index in [0.29, 0.717) is 69.5 Å². The molecule has 0 aromatic heterocycles. The minimum absolute atomic E-state index is 0.0348. The number of rotatable bonds is 14. The summed E-state index contributed by atoms with van der Waals surface area (Å²) in [5.74, 6) is -0.658. The van der Waals surface area contributed by atoms with E-state index in [4.69, 9.17) is 28.4 Å². The Bertz CT molecular complexity index is 1570. The molecular weight excluding hydrogens is 634 g/mol. The molecule has 0 radical (unpaired) electrons. The maximum Gasteiger partial charge on any atom is 0.420 e. The number of hydrogen-bond acceptors (Lipinski definition) is 8. The van der Waals surface area contributed by atoms with Crippen LogP contribution >= 0.6 is 0 Å². The summed E-state index contributed by atoms with van der Waals surface area (Å²) in [5.41, 5.74) is -0.821. The summed E-state index contributed by atoms with van der Waals surface area (Å²) in [6, 6.07) is 11.9. The quantitative estimate of drug-likeness (QED) is 0.137. The number of alkyl halides is 6. The van der Waals surface area contributed by atoms with Crippen LogP contribution in [0.3, 0.4) is 0 Å². The molecule has 0 bridgehead atoms. The summed E-state index contributed by atoms with van der Waals surface area (Å²) < 4.78 is 118. The molecule has 0 aliphatic carbocycles. The average Bonchev–Trinajstić information content (AvgIpc) is 3.82. The van der Waals surface area contributed by atoms with Crippen molar-refractivity contribution in [3.8, 4) is 23.0 Å². The number of benzene rings is 3. The van der Waals surface area contributed by atoms with Crippen molar-refractivity contribution in [2.75, 3.05) is 62.4 Å². The Morgan fingerprint density at radius 1 is 0.574 bits per heavy atom. The van der Waals surface area contributed by atoms with Gasteiger partial charge in [0.15, 0.2) is 0 Å². The van der Waals surface area contributed by atoms with E-state index < -0.39 is 35.0 Å². The topological polar surface area (TPSA) is 75.1 Å². The molecule has 4 aliphatic heterocycles. The van der Waals surface area contributed by atoms with Crippen LogP contribution in [0.15, 0.2) is 54.6 Å². The normalized spacial score (nSPS) is 22.9. The highest BCUT2D eigenvalue weighted by Crippen LogP contribution is 2.44. The van der Waals surface area contributed by atoms with Gasteiger partial charge in [0, 0.05) is 37.6 Å². The Morgan fingerprint density at radius 2 is 0.957 bits per heavy atom. The van der Waals surface area contributed by atoms with Crippen LogP contribution in [0.4, 0.5) is 37.7 Å². The second-order valence-electron chi connectivity index (χ2n) is 12.1. The maximum absolute atomic E-state index is 14.2. The van der Waals surface area contributed by atoms with E-state index in [1.807, 2.05) is 9.80 Å². The molecule has 252 valence electrons. The van der Waals surface area contributed by atoms with Crippen LogP contribution in [0.5, 0.6) is 23.0 Å². The Hall–Kier alpha value is -3.72. The predicted molar refractivity (Wildman–Crippen MR) is 158 cm³/mol. The lowest BCUT2D eigenvalue weighted by molar-refractivity contribution is -0.139. The molecular formula is C33H32F6N2O6. The fraction of sp³-hybridized carbons (Fsp3) is 0.455. The smallest absolute Gasteiger partial charge is 0.420 e. The van der Waals surface area contributed by atoms with Gasteiger partial charge < -0.3 is 38.2 Å². The molecule has 3 aromatic carbocycles. The van der Waals surface area contributed by atoms with Crippen molar-refractivity contribution in [1.29, 1.82) is 0 Å². The summed E-state index contributed by atoms with van der Waals surface area (Å²) in [7, 11) is 0. The Kier molecular flexibility index (Phi) is 8.39. The van der Waals surface area contributed by atoms with Gasteiger partial charge in [-0.25, -0.2) is 0 Å². The number of hydrogen-bond donors (Lipinski definition) is 0. The van der Waals surface area contributed by atoms with E-state index in [2.05, 4.69) is 0 Å². The number of halogens is 6. The van der Waals surface area contributed by atoms with Gasteiger partial charge in [0.05, 0.1) is 50.8 Å². The zero-order chi connectivity index (χ0) is 32.9. The van der Waals surface area contributed by atoms with Crippen molar-refractivity contribution in [1.82, 2.24) is 0 Å². The first-order valence-electron chi connectivity index (χ1n) is 15.2. The summed E-state index contributed by atoms with van der Waals surface area (Å²) in [6.07, 6.45) is -9.57. The molecule has 7 rings (SSSR count). The van der Waals surface area contributed by atoms with Gasteiger partial charge in [-0.15, -0.1) is 0 Å². The number of nitrogens with zero attached hydrogens (tertiary/aromatic N) is 2. The SMILES string of the molecule is Cc1cc(Oc2ccc(N(CC3CO3)CC3CO3)cc2C(F)(F)F)ccc1Oc1ccc(N(CC2CO2)CC2CO2)cc1C(F)(F)F. The zero-order valence-electron chi connectivity index (χ0n) is 25.3. The molecule has 3 aromatic rings. The molecule has 0 spiro atoms. The predicted octanol–water partition coefficient (Wildman–Crippen LogP) is 6.83. The van der Waals surface area contributed by atoms with Crippen LogP contribution in [-0.4, -0.2) is 77.0 Å². The lowest BCUT2D eigenvalue weighted by atomic mass is 10.1. The van der Waals surface area contributed by atoms with E-state index >= 15 is 0 Å². The van der Waals surface area contributed by atoms with E-state index in [1.54, 1.807) is 19.1 Å². The monoisotopic (exact) mass is 666 g/mol. The molecule has 0 amide bonds. The van der Waals surface area contributed by atoms with E-state index in [0.717, 1.165) is 12.1 Å². The van der Waals surface area contributed by atoms with Crippen molar-refractivity contribution < 1.29 is 54.8 Å². The summed E-state index contributed by atoms with van der Waals surface area (Å²) in [6.45, 7) is 5.58. The zero-order valence-corrected chi connectivity index (χ0v) is 25.3. The molecule has 4 unspecified atom stereocenters. The largest absolute Gasteiger partial charge is 0.457 e. The molecule has 8 nitrogen and oxygen atoms in total. The van der Waals surface area contributed by atoms with Crippen LogP contribution in [0, 0.1) is 6.92 Å². The second-order valence-corrected chi connectivity index (χ2v) is 12.1. The number of aryl methyl sites for hydroxylation is 1. The lowest BCUT2D eigenvalue weighted by Gasteiger charge is -2.25. The minimum atomic E-state index is -4.72. The van der Waals surface area contributed by atoms with E-state index in [9.17, 15) is 26.3 Å². The molecule has 14 heteroatoms. The highest BCUT2D eigenvalue weighted by molar-refractivity contribution is 5.57. The fourth-order valence-electron chi connectivity index (χ4n) is 5.34. The molecule has 0 saturated carbocycles. The van der Waals surface area contributed by atoms with Gasteiger partial charge in [-0.3, -0.25) is 0 Å². The molecule has 0 N–H and O–H groups in total. The Morgan fingerprint density at radius 3 is 1.32 bits per heavy atom. The van der Waals surface area contributed by atoms with Gasteiger partial charge in [0.2, 0.25) is 0 Å². The number of ether oxygens (including phenoxy) is 6. The van der Waals surface area contributed by atoms with Crippen LogP contribution in [0.25, 0.3) is 0 Å². The third-order valence-corrected chi connectivity index (χ3v) is 8.17. The molecule has 4 atom stereocenters. The molecule has 4 saturated heterocycles. The van der Waals surface area contributed by atoms with Gasteiger partial charge >= 0.3 is 12.4 Å². The third-order valence-electron chi connectivity index (χ3n) is 8.17. The van der Waals surface area contributed by atoms with Gasteiger partial charge in [-0.2, -0.15) is 26.3 Å². The summed E-state index contributed by atoms with van der Waals surface area (Å²) in [5, 5.41) is 0. The van der Waals surface area contributed by atoms with Gasteiger partial charge in [0.25, 0.3) is 0 Å². The first-order chi connectivity index (χ1) is 22.4. The minimum Gasteiger partial charge on any atom is -0.457 e. The third kappa shape index (κ3) is 8.23. The van der Waals surface area contributed by atoms with Crippen LogP contribution in [-0.2, 0) is 31.3 Å². The number of anilines is 2. The van der Waals surface area contributed by atoms with Crippen molar-refractivity contribution in [3.63, 3.8) is 0 Å². The van der Waals surface area contributed by atoms with Crippen LogP contribution in [0.1, 0.15) is 16.7 Å². The Balaban J connectivity index is 1.10. The fourth-order valence-corrected chi connectivity index (χ4v) is 5.34. The van der Waals surface area contributed by atoms with E-state index in [1.165, 1.54) is 30.3 Å². The van der Waals surface area contributed by atoms with E-state index in [-0.39, 0.29) is 35.9 Å². The first kappa shape index (κ1) is 31.9. The van der Waals surface area contributed by atoms with Crippen molar-refractivity contribution in [3.05, 3.63) is 71.3 Å². The van der Waals surface area contributed by atoms with Gasteiger partial charge in [-0.05, 0) is 67.1 Å². The van der Waals surface area contributed by atoms with Crippen molar-refractivity contribution >= 4 is 11.4 Å². The summed E-state index contributed by atoms with van der Waals surface area (Å²) in [4.78, 5) is 3.63. The Labute approximate surface area is 266 Å². The van der Waals surface area contributed by atoms with Gasteiger partial charge in [0.1, 0.15) is 34.1 Å². The van der Waals surface area contributed by atoms with Crippen molar-refractivity contribution in [2.45, 2.75) is 43.7 Å². The molecule has 47 heavy (non-hydrogen) atoms. The standard InChI is InChI=1S/C33H32F6N2O6/c1-19-8-22(46-30-5-2-20(9-27(30)32(34,35)36)40(11-23-15-42-23)12-24-16-43-24)4-7-29(19)47-31-6-3-21(10-28(31)33(37,38)39)41(13-25-17-44-25)14-26-18-45-26/h2-10,23-26H,11-18H2,1H3. The average molecular weight is 667 g/mol.